The molecule has 0 fully saturated rings. The van der Waals surface area contributed by atoms with E-state index in [0.717, 1.165) is 5.56 Å². The minimum absolute atomic E-state index is 0.0259. The second-order valence-corrected chi connectivity index (χ2v) is 4.32. The van der Waals surface area contributed by atoms with E-state index in [9.17, 15) is 4.79 Å². The van der Waals surface area contributed by atoms with Crippen molar-refractivity contribution in [2.45, 2.75) is 19.4 Å². The van der Waals surface area contributed by atoms with Gasteiger partial charge in [0.15, 0.2) is 0 Å². The lowest BCUT2D eigenvalue weighted by Gasteiger charge is -2.20. The van der Waals surface area contributed by atoms with Crippen LogP contribution in [0.25, 0.3) is 0 Å². The van der Waals surface area contributed by atoms with Crippen LogP contribution in [0.2, 0.25) is 0 Å². The largest absolute Gasteiger partial charge is 0.468 e. The van der Waals surface area contributed by atoms with Crippen molar-refractivity contribution >= 4 is 5.97 Å². The summed E-state index contributed by atoms with van der Waals surface area (Å²) >= 11 is 0. The molecule has 0 radical (unpaired) electrons. The fourth-order valence-corrected chi connectivity index (χ4v) is 1.78. The van der Waals surface area contributed by atoms with E-state index in [4.69, 9.17) is 4.74 Å². The molecule has 106 valence electrons. The van der Waals surface area contributed by atoms with Crippen molar-refractivity contribution in [1.29, 1.82) is 0 Å². The third-order valence-corrected chi connectivity index (χ3v) is 2.77. The normalized spacial score (nSPS) is 12.7. The zero-order valence-corrected chi connectivity index (χ0v) is 12.0. The highest BCUT2D eigenvalue weighted by Gasteiger charge is 2.17. The van der Waals surface area contributed by atoms with Crippen molar-refractivity contribution in [3.8, 4) is 11.8 Å². The molecule has 0 N–H and O–H groups in total. The topological polar surface area (TPSA) is 35.5 Å². The smallest absolute Gasteiger partial charge is 0.317 e. The number of ether oxygens (including phenoxy) is 2. The van der Waals surface area contributed by atoms with Crippen LogP contribution in [0.4, 0.5) is 0 Å². The number of benzene rings is 1. The molecular formula is C17H20O3. The van der Waals surface area contributed by atoms with E-state index in [1.165, 1.54) is 7.11 Å². The average Bonchev–Trinajstić information content (AvgIpc) is 2.48. The molecule has 0 saturated carbocycles. The molecule has 0 aliphatic rings. The Bertz CT molecular complexity index is 482. The van der Waals surface area contributed by atoms with Crippen LogP contribution in [0.5, 0.6) is 0 Å². The van der Waals surface area contributed by atoms with Gasteiger partial charge in [0, 0.05) is 5.92 Å². The zero-order valence-electron chi connectivity index (χ0n) is 12.0. The van der Waals surface area contributed by atoms with Crippen molar-refractivity contribution in [3.63, 3.8) is 0 Å². The molecule has 3 heteroatoms. The Morgan fingerprint density at radius 2 is 2.10 bits per heavy atom. The molecule has 3 nitrogen and oxygen atoms in total. The number of hydrogen-bond donors (Lipinski definition) is 0. The Kier molecular flexibility index (Phi) is 7.16. The van der Waals surface area contributed by atoms with Crippen LogP contribution in [-0.2, 0) is 14.3 Å². The first-order valence-corrected chi connectivity index (χ1v) is 6.51. The van der Waals surface area contributed by atoms with Crippen LogP contribution in [0.15, 0.2) is 43.0 Å². The molecule has 0 aromatic heterocycles. The van der Waals surface area contributed by atoms with Crippen LogP contribution in [-0.4, -0.2) is 19.7 Å². The number of methoxy groups -OCH3 is 1. The summed E-state index contributed by atoms with van der Waals surface area (Å²) in [6.07, 6.45) is 1.67. The summed E-state index contributed by atoms with van der Waals surface area (Å²) in [4.78, 5) is 11.0. The predicted octanol–water partition coefficient (Wildman–Crippen LogP) is 3.13. The lowest BCUT2D eigenvalue weighted by molar-refractivity contribution is -0.139. The molecule has 2 atom stereocenters. The van der Waals surface area contributed by atoms with Gasteiger partial charge >= 0.3 is 5.97 Å². The Morgan fingerprint density at radius 3 is 2.70 bits per heavy atom. The lowest BCUT2D eigenvalue weighted by atomic mass is 9.97. The molecule has 0 spiro atoms. The van der Waals surface area contributed by atoms with E-state index in [2.05, 4.69) is 23.2 Å². The SMILES string of the molecule is C=CCO[C@@H](c1ccccc1)[C@@H](C)C#CCC(=O)OC. The molecule has 0 bridgehead atoms. The van der Waals surface area contributed by atoms with Crippen molar-refractivity contribution < 1.29 is 14.3 Å². The molecule has 0 aliphatic carbocycles. The van der Waals surface area contributed by atoms with Crippen molar-refractivity contribution in [1.82, 2.24) is 0 Å². The Labute approximate surface area is 120 Å². The molecule has 0 aliphatic heterocycles. The monoisotopic (exact) mass is 272 g/mol. The summed E-state index contributed by atoms with van der Waals surface area (Å²) in [5, 5.41) is 0. The highest BCUT2D eigenvalue weighted by atomic mass is 16.5. The number of esters is 1. The van der Waals surface area contributed by atoms with Gasteiger partial charge in [0.05, 0.1) is 19.8 Å². The van der Waals surface area contributed by atoms with Gasteiger partial charge in [-0.25, -0.2) is 0 Å². The Balaban J connectivity index is 2.77. The standard InChI is InChI=1S/C17H20O3/c1-4-13-20-17(15-10-6-5-7-11-15)14(2)9-8-12-16(18)19-3/h4-7,10-11,14,17H,1,12-13H2,2-3H3/t14-,17+/m0/s1. The van der Waals surface area contributed by atoms with Gasteiger partial charge in [-0.3, -0.25) is 4.79 Å². The van der Waals surface area contributed by atoms with E-state index < -0.39 is 0 Å². The maximum Gasteiger partial charge on any atom is 0.317 e. The van der Waals surface area contributed by atoms with Gasteiger partial charge in [-0.15, -0.1) is 6.58 Å². The third-order valence-electron chi connectivity index (χ3n) is 2.77. The maximum atomic E-state index is 11.0. The van der Waals surface area contributed by atoms with Gasteiger partial charge in [-0.2, -0.15) is 0 Å². The predicted molar refractivity (Wildman–Crippen MR) is 78.9 cm³/mol. The second kappa shape index (κ2) is 8.95. The highest BCUT2D eigenvalue weighted by molar-refractivity contribution is 5.72. The lowest BCUT2D eigenvalue weighted by Crippen LogP contribution is -2.12. The van der Waals surface area contributed by atoms with Crippen LogP contribution in [0.3, 0.4) is 0 Å². The second-order valence-electron chi connectivity index (χ2n) is 4.32. The van der Waals surface area contributed by atoms with Crippen molar-refractivity contribution in [3.05, 3.63) is 48.6 Å². The fourth-order valence-electron chi connectivity index (χ4n) is 1.78. The van der Waals surface area contributed by atoms with Crippen LogP contribution in [0.1, 0.15) is 25.0 Å². The van der Waals surface area contributed by atoms with E-state index in [1.807, 2.05) is 37.3 Å². The molecule has 20 heavy (non-hydrogen) atoms. The fraction of sp³-hybridized carbons (Fsp3) is 0.353. The molecule has 1 rings (SSSR count). The van der Waals surface area contributed by atoms with Gasteiger partial charge in [0.25, 0.3) is 0 Å². The van der Waals surface area contributed by atoms with Crippen LogP contribution >= 0.6 is 0 Å². The summed E-state index contributed by atoms with van der Waals surface area (Å²) in [6.45, 7) is 6.10. The van der Waals surface area contributed by atoms with E-state index in [0.29, 0.717) is 6.61 Å². The number of carbonyl (C=O) groups excluding carboxylic acids is 1. The molecule has 1 aromatic rings. The first-order valence-electron chi connectivity index (χ1n) is 6.51. The molecule has 0 heterocycles. The molecule has 0 amide bonds. The number of rotatable bonds is 6. The van der Waals surface area contributed by atoms with Gasteiger partial charge in [-0.1, -0.05) is 48.2 Å². The van der Waals surface area contributed by atoms with Crippen LogP contribution < -0.4 is 0 Å². The quantitative estimate of drug-likeness (QED) is 0.453. The zero-order chi connectivity index (χ0) is 14.8. The first-order chi connectivity index (χ1) is 9.69. The first kappa shape index (κ1) is 16.0. The summed E-state index contributed by atoms with van der Waals surface area (Å²) < 4.78 is 10.3. The Morgan fingerprint density at radius 1 is 1.40 bits per heavy atom. The van der Waals surface area contributed by atoms with Gasteiger partial charge in [0.1, 0.15) is 6.42 Å². The minimum atomic E-state index is -0.326. The van der Waals surface area contributed by atoms with Gasteiger partial charge in [-0.05, 0) is 12.5 Å². The van der Waals surface area contributed by atoms with E-state index in [-0.39, 0.29) is 24.4 Å². The Hall–Kier alpha value is -2.05. The van der Waals surface area contributed by atoms with Gasteiger partial charge < -0.3 is 9.47 Å². The van der Waals surface area contributed by atoms with Crippen molar-refractivity contribution in [2.24, 2.45) is 5.92 Å². The average molecular weight is 272 g/mol. The summed E-state index contributed by atoms with van der Waals surface area (Å²) in [7, 11) is 1.35. The number of hydrogen-bond acceptors (Lipinski definition) is 3. The summed E-state index contributed by atoms with van der Waals surface area (Å²) in [6, 6.07) is 9.91. The maximum absolute atomic E-state index is 11.0. The number of carbonyl (C=O) groups is 1. The van der Waals surface area contributed by atoms with Gasteiger partial charge in [0.2, 0.25) is 0 Å². The summed E-state index contributed by atoms with van der Waals surface area (Å²) in [5.74, 6) is 5.53. The van der Waals surface area contributed by atoms with Crippen molar-refractivity contribution in [2.75, 3.05) is 13.7 Å². The summed E-state index contributed by atoms with van der Waals surface area (Å²) in [5.41, 5.74) is 1.06. The van der Waals surface area contributed by atoms with Crippen LogP contribution in [0, 0.1) is 17.8 Å². The third kappa shape index (κ3) is 5.29. The molecule has 1 aromatic carbocycles. The minimum Gasteiger partial charge on any atom is -0.468 e. The molecule has 0 unspecified atom stereocenters. The van der Waals surface area contributed by atoms with E-state index in [1.54, 1.807) is 6.08 Å². The molecular weight excluding hydrogens is 252 g/mol. The molecule has 0 saturated heterocycles. The highest BCUT2D eigenvalue weighted by Crippen LogP contribution is 2.25. The van der Waals surface area contributed by atoms with E-state index >= 15 is 0 Å².